The molecule has 9 heteroatoms. The molecule has 0 atom stereocenters. The van der Waals surface area contributed by atoms with Gasteiger partial charge >= 0.3 is 5.97 Å². The van der Waals surface area contributed by atoms with Gasteiger partial charge in [0.25, 0.3) is 0 Å². The van der Waals surface area contributed by atoms with E-state index in [0.29, 0.717) is 5.02 Å². The van der Waals surface area contributed by atoms with Crippen molar-refractivity contribution in [3.63, 3.8) is 0 Å². The highest BCUT2D eigenvalue weighted by Crippen LogP contribution is 2.42. The molecule has 194 valence electrons. The predicted molar refractivity (Wildman–Crippen MR) is 156 cm³/mol. The maximum Gasteiger partial charge on any atom is 0.307 e. The van der Waals surface area contributed by atoms with E-state index >= 15 is 0 Å². The molecule has 5 aromatic rings. The Morgan fingerprint density at radius 1 is 1.03 bits per heavy atom. The fraction of sp³-hybridized carbons (Fsp3) is 0.276. The lowest BCUT2D eigenvalue weighted by Gasteiger charge is -2.32. The summed E-state index contributed by atoms with van der Waals surface area (Å²) >= 11 is 7.76. The van der Waals surface area contributed by atoms with E-state index < -0.39 is 5.97 Å². The third-order valence-corrected chi connectivity index (χ3v) is 8.74. The third kappa shape index (κ3) is 4.42. The van der Waals surface area contributed by atoms with Gasteiger partial charge in [-0.1, -0.05) is 23.7 Å². The van der Waals surface area contributed by atoms with Gasteiger partial charge in [-0.05, 0) is 67.1 Å². The molecule has 0 radical (unpaired) electrons. The molecule has 1 aliphatic rings. The van der Waals surface area contributed by atoms with Crippen LogP contribution in [0, 0.1) is 6.92 Å². The summed E-state index contributed by atoms with van der Waals surface area (Å²) in [5.74, 6) is 0.158. The largest absolute Gasteiger partial charge is 0.481 e. The number of anilines is 1. The lowest BCUT2D eigenvalue weighted by Crippen LogP contribution is -2.44. The minimum absolute atomic E-state index is 0.0526. The molecule has 3 aromatic carbocycles. The summed E-state index contributed by atoms with van der Waals surface area (Å²) in [6, 6.07) is 16.0. The second-order valence-corrected chi connectivity index (χ2v) is 11.4. The number of piperazine rings is 1. The van der Waals surface area contributed by atoms with Crippen molar-refractivity contribution in [1.82, 2.24) is 19.7 Å². The molecular weight excluding hydrogens is 518 g/mol. The van der Waals surface area contributed by atoms with E-state index in [1.54, 1.807) is 11.3 Å². The first-order valence-electron chi connectivity index (χ1n) is 12.6. The van der Waals surface area contributed by atoms with Gasteiger partial charge in [0.05, 0.1) is 22.2 Å². The number of thiazole rings is 1. The molecule has 0 unspecified atom stereocenters. The number of aryl methyl sites for hydroxylation is 2. The maximum atomic E-state index is 11.8. The standard InChI is InChI=1S/C29H28ClN5O2S/c1-17-14-23-27(26(21(17)16-25(36)37)18-4-7-20(30)8-5-18)38-29(31-23)19-6-9-24-22(15-19)28(32-34(24)3)35-12-10-33(2)11-13-35/h4-9,14-15H,10-13,16H2,1-3H3,(H,36,37). The van der Waals surface area contributed by atoms with Crippen molar-refractivity contribution in [1.29, 1.82) is 0 Å². The van der Waals surface area contributed by atoms with E-state index in [1.165, 1.54) is 0 Å². The average Bonchev–Trinajstić information content (AvgIpc) is 3.46. The van der Waals surface area contributed by atoms with Crippen LogP contribution in [0.4, 0.5) is 5.82 Å². The average molecular weight is 546 g/mol. The van der Waals surface area contributed by atoms with Crippen LogP contribution in [0.3, 0.4) is 0 Å². The second-order valence-electron chi connectivity index (χ2n) is 9.96. The zero-order chi connectivity index (χ0) is 26.6. The molecule has 2 aromatic heterocycles. The molecule has 1 fully saturated rings. The summed E-state index contributed by atoms with van der Waals surface area (Å²) in [6.07, 6.45) is -0.0526. The van der Waals surface area contributed by atoms with Crippen molar-refractivity contribution in [3.05, 3.63) is 64.7 Å². The number of carboxylic acid groups (broad SMARTS) is 1. The number of fused-ring (bicyclic) bond motifs is 2. The van der Waals surface area contributed by atoms with Crippen molar-refractivity contribution < 1.29 is 9.90 Å². The number of carboxylic acids is 1. The third-order valence-electron chi connectivity index (χ3n) is 7.35. The van der Waals surface area contributed by atoms with E-state index in [0.717, 1.165) is 85.9 Å². The molecule has 0 amide bonds. The Morgan fingerprint density at radius 2 is 1.74 bits per heavy atom. The quantitative estimate of drug-likeness (QED) is 0.298. The Balaban J connectivity index is 1.50. The summed E-state index contributed by atoms with van der Waals surface area (Å²) in [6.45, 7) is 5.89. The first-order chi connectivity index (χ1) is 18.3. The molecule has 7 nitrogen and oxygen atoms in total. The molecule has 0 spiro atoms. The van der Waals surface area contributed by atoms with Crippen LogP contribution in [-0.2, 0) is 18.3 Å². The Labute approximate surface area is 229 Å². The normalized spacial score (nSPS) is 14.6. The highest BCUT2D eigenvalue weighted by atomic mass is 35.5. The van der Waals surface area contributed by atoms with Crippen LogP contribution in [0.5, 0.6) is 0 Å². The number of likely N-dealkylation sites (N-methyl/N-ethyl adjacent to an activating group) is 1. The number of nitrogens with zero attached hydrogens (tertiary/aromatic N) is 5. The number of hydrogen-bond donors (Lipinski definition) is 1. The molecule has 0 saturated carbocycles. The Bertz CT molecular complexity index is 1680. The number of benzene rings is 3. The molecule has 1 aliphatic heterocycles. The molecule has 0 aliphatic carbocycles. The number of carbonyl (C=O) groups is 1. The van der Waals surface area contributed by atoms with Crippen LogP contribution >= 0.6 is 22.9 Å². The highest BCUT2D eigenvalue weighted by molar-refractivity contribution is 7.22. The van der Waals surface area contributed by atoms with Gasteiger partial charge in [0, 0.05) is 54.8 Å². The van der Waals surface area contributed by atoms with Gasteiger partial charge in [0.1, 0.15) is 5.01 Å². The number of aliphatic carboxylic acids is 1. The molecule has 0 bridgehead atoms. The molecule has 1 N–H and O–H groups in total. The number of halogens is 1. The lowest BCUT2D eigenvalue weighted by atomic mass is 9.93. The maximum absolute atomic E-state index is 11.8. The van der Waals surface area contributed by atoms with E-state index in [-0.39, 0.29) is 6.42 Å². The van der Waals surface area contributed by atoms with Gasteiger partial charge in [-0.15, -0.1) is 11.3 Å². The van der Waals surface area contributed by atoms with Crippen molar-refractivity contribution >= 4 is 55.8 Å². The second kappa shape index (κ2) is 9.69. The molecule has 6 rings (SSSR count). The Morgan fingerprint density at radius 3 is 2.45 bits per heavy atom. The fourth-order valence-electron chi connectivity index (χ4n) is 5.29. The molecule has 1 saturated heterocycles. The van der Waals surface area contributed by atoms with Gasteiger partial charge in [-0.2, -0.15) is 5.10 Å². The first kappa shape index (κ1) is 24.9. The van der Waals surface area contributed by atoms with E-state index in [2.05, 4.69) is 35.0 Å². The van der Waals surface area contributed by atoms with Crippen molar-refractivity contribution in [2.24, 2.45) is 7.05 Å². The first-order valence-corrected chi connectivity index (χ1v) is 13.8. The van der Waals surface area contributed by atoms with E-state index in [4.69, 9.17) is 21.7 Å². The van der Waals surface area contributed by atoms with Crippen molar-refractivity contribution in [2.45, 2.75) is 13.3 Å². The Hall–Kier alpha value is -3.46. The van der Waals surface area contributed by atoms with Gasteiger partial charge < -0.3 is 14.9 Å². The van der Waals surface area contributed by atoms with Crippen LogP contribution in [0.2, 0.25) is 5.02 Å². The molecule has 38 heavy (non-hydrogen) atoms. The fourth-order valence-corrected chi connectivity index (χ4v) is 6.55. The van der Waals surface area contributed by atoms with Gasteiger partial charge in [-0.25, -0.2) is 4.98 Å². The number of rotatable bonds is 5. The predicted octanol–water partition coefficient (Wildman–Crippen LogP) is 5.86. The number of hydrogen-bond acceptors (Lipinski definition) is 6. The highest BCUT2D eigenvalue weighted by Gasteiger charge is 2.22. The summed E-state index contributed by atoms with van der Waals surface area (Å²) in [7, 11) is 4.14. The zero-order valence-corrected chi connectivity index (χ0v) is 23.1. The smallest absolute Gasteiger partial charge is 0.307 e. The summed E-state index contributed by atoms with van der Waals surface area (Å²) in [5, 5.41) is 17.2. The molecular formula is C29H28ClN5O2S. The van der Waals surface area contributed by atoms with Gasteiger partial charge in [0.2, 0.25) is 0 Å². The topological polar surface area (TPSA) is 74.5 Å². The lowest BCUT2D eigenvalue weighted by molar-refractivity contribution is -0.136. The minimum atomic E-state index is -0.856. The van der Waals surface area contributed by atoms with Crippen molar-refractivity contribution in [2.75, 3.05) is 38.1 Å². The van der Waals surface area contributed by atoms with E-state index in [1.807, 2.05) is 49.0 Å². The SMILES string of the molecule is Cc1cc2nc(-c3ccc4c(c3)c(N3CCN(C)CC3)nn4C)sc2c(-c2ccc(Cl)cc2)c1CC(=O)O. The minimum Gasteiger partial charge on any atom is -0.481 e. The molecule has 3 heterocycles. The summed E-state index contributed by atoms with van der Waals surface area (Å²) < 4.78 is 2.93. The van der Waals surface area contributed by atoms with Gasteiger partial charge in [0.15, 0.2) is 5.82 Å². The van der Waals surface area contributed by atoms with Gasteiger partial charge in [-0.3, -0.25) is 9.48 Å². The Kier molecular flexibility index (Phi) is 6.34. The van der Waals surface area contributed by atoms with Crippen LogP contribution < -0.4 is 4.90 Å². The van der Waals surface area contributed by atoms with Crippen LogP contribution in [0.15, 0.2) is 48.5 Å². The number of aromatic nitrogens is 3. The summed E-state index contributed by atoms with van der Waals surface area (Å²) in [4.78, 5) is 21.5. The van der Waals surface area contributed by atoms with Crippen LogP contribution in [0.1, 0.15) is 11.1 Å². The zero-order valence-electron chi connectivity index (χ0n) is 21.5. The van der Waals surface area contributed by atoms with E-state index in [9.17, 15) is 9.90 Å². The summed E-state index contributed by atoms with van der Waals surface area (Å²) in [5.41, 5.74) is 6.57. The monoisotopic (exact) mass is 545 g/mol. The van der Waals surface area contributed by atoms with Crippen molar-refractivity contribution in [3.8, 4) is 21.7 Å². The van der Waals surface area contributed by atoms with Crippen LogP contribution in [-0.4, -0.2) is 64.0 Å². The van der Waals surface area contributed by atoms with Crippen LogP contribution in [0.25, 0.3) is 42.8 Å².